The van der Waals surface area contributed by atoms with Crippen LogP contribution in [0.5, 0.6) is 0 Å². The Kier molecular flexibility index (Phi) is 2.77. The van der Waals surface area contributed by atoms with E-state index < -0.39 is 0 Å². The molecule has 4 aromatic rings. The number of rotatable bonds is 0. The Bertz CT molecular complexity index is 1290. The van der Waals surface area contributed by atoms with Crippen molar-refractivity contribution in [3.8, 4) is 11.1 Å². The molecule has 4 saturated carbocycles. The summed E-state index contributed by atoms with van der Waals surface area (Å²) in [5, 5.41) is 3.08. The molecule has 9 rings (SSSR count). The van der Waals surface area contributed by atoms with Crippen molar-refractivity contribution in [3.63, 3.8) is 0 Å². The summed E-state index contributed by atoms with van der Waals surface area (Å²) in [6, 6.07) is 23.5. The maximum absolute atomic E-state index is 2.50. The Morgan fingerprint density at radius 1 is 0.655 bits per heavy atom. The molecule has 1 heterocycles. The van der Waals surface area contributed by atoms with Crippen molar-refractivity contribution in [3.05, 3.63) is 71.8 Å². The van der Waals surface area contributed by atoms with E-state index in [9.17, 15) is 0 Å². The topological polar surface area (TPSA) is 0 Å². The summed E-state index contributed by atoms with van der Waals surface area (Å²) < 4.78 is 2.94. The Morgan fingerprint density at radius 3 is 2.21 bits per heavy atom. The molecule has 0 saturated heterocycles. The monoisotopic (exact) mass is 392 g/mol. The fourth-order valence-corrected chi connectivity index (χ4v) is 9.57. The Morgan fingerprint density at radius 2 is 1.38 bits per heavy atom. The highest BCUT2D eigenvalue weighted by atomic mass is 32.1. The molecule has 29 heavy (non-hydrogen) atoms. The molecule has 0 amide bonds. The van der Waals surface area contributed by atoms with Crippen molar-refractivity contribution < 1.29 is 0 Å². The summed E-state index contributed by atoms with van der Waals surface area (Å²) in [4.78, 5) is 0. The Balaban J connectivity index is 1.57. The largest absolute Gasteiger partial charge is 0.135 e. The first kappa shape index (κ1) is 15.7. The van der Waals surface area contributed by atoms with Crippen molar-refractivity contribution in [1.82, 2.24) is 0 Å². The van der Waals surface area contributed by atoms with Crippen LogP contribution in [0.1, 0.15) is 43.2 Å². The molecule has 5 aliphatic rings. The minimum Gasteiger partial charge on any atom is -0.135 e. The van der Waals surface area contributed by atoms with Crippen LogP contribution in [0.4, 0.5) is 0 Å². The van der Waals surface area contributed by atoms with Gasteiger partial charge in [0, 0.05) is 25.6 Å². The van der Waals surface area contributed by atoms with Crippen LogP contribution in [0.15, 0.2) is 60.7 Å². The van der Waals surface area contributed by atoms with Crippen LogP contribution in [0.3, 0.4) is 0 Å². The summed E-state index contributed by atoms with van der Waals surface area (Å²) in [6.45, 7) is 0. The van der Waals surface area contributed by atoms with Gasteiger partial charge in [-0.15, -0.1) is 11.3 Å². The van der Waals surface area contributed by atoms with Crippen molar-refractivity contribution in [2.75, 3.05) is 0 Å². The number of benzene rings is 3. The van der Waals surface area contributed by atoms with Gasteiger partial charge in [-0.25, -0.2) is 0 Å². The number of fused-ring (bicyclic) bond motifs is 7. The van der Waals surface area contributed by atoms with Crippen molar-refractivity contribution in [1.29, 1.82) is 0 Å². The molecule has 3 aromatic carbocycles. The predicted molar refractivity (Wildman–Crippen MR) is 123 cm³/mol. The lowest BCUT2D eigenvalue weighted by molar-refractivity contribution is -0.0393. The molecule has 5 aliphatic carbocycles. The van der Waals surface area contributed by atoms with Gasteiger partial charge in [-0.1, -0.05) is 48.5 Å². The zero-order valence-corrected chi connectivity index (χ0v) is 17.3. The lowest BCUT2D eigenvalue weighted by Gasteiger charge is -2.61. The Labute approximate surface area is 175 Å². The highest BCUT2D eigenvalue weighted by Gasteiger charge is 2.62. The van der Waals surface area contributed by atoms with Gasteiger partial charge in [0.15, 0.2) is 0 Å². The summed E-state index contributed by atoms with van der Waals surface area (Å²) in [5.74, 6) is 3.67. The zero-order valence-electron chi connectivity index (χ0n) is 16.5. The second-order valence-corrected chi connectivity index (χ2v) is 11.3. The molecule has 0 radical (unpaired) electrons. The number of thiophene rings is 1. The number of hydrogen-bond acceptors (Lipinski definition) is 1. The molecular formula is C28H24S. The van der Waals surface area contributed by atoms with E-state index in [0.29, 0.717) is 0 Å². The normalized spacial score (nSPS) is 33.7. The Hall–Kier alpha value is -2.12. The first-order valence-corrected chi connectivity index (χ1v) is 12.2. The molecule has 142 valence electrons. The van der Waals surface area contributed by atoms with Gasteiger partial charge in [0.1, 0.15) is 0 Å². The first-order chi connectivity index (χ1) is 14.3. The zero-order chi connectivity index (χ0) is 18.7. The maximum atomic E-state index is 2.50. The van der Waals surface area contributed by atoms with E-state index in [2.05, 4.69) is 60.7 Å². The molecule has 1 heteroatoms. The quantitative estimate of drug-likeness (QED) is 0.287. The van der Waals surface area contributed by atoms with E-state index in [0.717, 1.165) is 23.7 Å². The van der Waals surface area contributed by atoms with Gasteiger partial charge < -0.3 is 0 Å². The molecule has 0 nitrogen and oxygen atoms in total. The van der Waals surface area contributed by atoms with E-state index >= 15 is 0 Å². The minimum atomic E-state index is 0.267. The molecule has 4 fully saturated rings. The van der Waals surface area contributed by atoms with Gasteiger partial charge in [0.25, 0.3) is 0 Å². The van der Waals surface area contributed by atoms with Gasteiger partial charge in [-0.3, -0.25) is 0 Å². The molecule has 0 unspecified atom stereocenters. The fraction of sp³-hybridized carbons (Fsp3) is 0.357. The van der Waals surface area contributed by atoms with Crippen LogP contribution in [0, 0.1) is 23.7 Å². The summed E-state index contributed by atoms with van der Waals surface area (Å²) in [7, 11) is 0. The van der Waals surface area contributed by atoms with Gasteiger partial charge >= 0.3 is 0 Å². The van der Waals surface area contributed by atoms with E-state index in [-0.39, 0.29) is 5.41 Å². The molecule has 1 aromatic heterocycles. The number of hydrogen-bond donors (Lipinski definition) is 0. The van der Waals surface area contributed by atoms with E-state index in [1.54, 1.807) is 22.1 Å². The average Bonchev–Trinajstić information content (AvgIpc) is 3.25. The van der Waals surface area contributed by atoms with Crippen LogP contribution >= 0.6 is 11.3 Å². The maximum Gasteiger partial charge on any atom is 0.0358 e. The van der Waals surface area contributed by atoms with Crippen LogP contribution < -0.4 is 0 Å². The molecule has 0 aliphatic heterocycles. The average molecular weight is 393 g/mol. The van der Waals surface area contributed by atoms with E-state index in [4.69, 9.17) is 0 Å². The highest BCUT2D eigenvalue weighted by Crippen LogP contribution is 2.70. The summed E-state index contributed by atoms with van der Waals surface area (Å²) in [6.07, 6.45) is 7.35. The lowest BCUT2D eigenvalue weighted by Crippen LogP contribution is -2.55. The smallest absolute Gasteiger partial charge is 0.0358 e. The van der Waals surface area contributed by atoms with Crippen molar-refractivity contribution in [2.24, 2.45) is 23.7 Å². The third kappa shape index (κ3) is 1.71. The van der Waals surface area contributed by atoms with Crippen LogP contribution in [0.2, 0.25) is 0 Å². The third-order valence-corrected chi connectivity index (χ3v) is 10.2. The standard InChI is InChI=1S/C28H24S/c1-3-7-23-20(5-1)21-9-10-25-26(22-6-2-4-8-24(22)29-25)27(21)28(23)18-12-16-11-17(14-18)15-19(28)13-16/h1-10,16-19H,11-15H2. The van der Waals surface area contributed by atoms with Gasteiger partial charge in [0.05, 0.1) is 0 Å². The first-order valence-electron chi connectivity index (χ1n) is 11.4. The molecule has 1 spiro atoms. The summed E-state index contributed by atoms with van der Waals surface area (Å²) in [5.41, 5.74) is 6.74. The van der Waals surface area contributed by atoms with E-state index in [1.165, 1.54) is 52.5 Å². The van der Waals surface area contributed by atoms with Crippen LogP contribution in [0.25, 0.3) is 31.3 Å². The molecule has 4 bridgehead atoms. The minimum absolute atomic E-state index is 0.267. The molecule has 0 N–H and O–H groups in total. The SMILES string of the molecule is c1ccc2c(c1)-c1ccc3sc4ccccc4c3c1C21C2CC3CC(C2)CC1C3. The van der Waals surface area contributed by atoms with Crippen LogP contribution in [-0.4, -0.2) is 0 Å². The second-order valence-electron chi connectivity index (χ2n) is 10.2. The summed E-state index contributed by atoms with van der Waals surface area (Å²) >= 11 is 1.99. The van der Waals surface area contributed by atoms with E-state index in [1.807, 2.05) is 11.3 Å². The highest BCUT2D eigenvalue weighted by molar-refractivity contribution is 7.25. The molecular weight excluding hydrogens is 368 g/mol. The third-order valence-electron chi connectivity index (χ3n) is 9.05. The van der Waals surface area contributed by atoms with Crippen molar-refractivity contribution >= 4 is 31.5 Å². The van der Waals surface area contributed by atoms with Crippen molar-refractivity contribution in [2.45, 2.75) is 37.5 Å². The lowest BCUT2D eigenvalue weighted by atomic mass is 9.43. The fourth-order valence-electron chi connectivity index (χ4n) is 8.46. The van der Waals surface area contributed by atoms with Gasteiger partial charge in [0.2, 0.25) is 0 Å². The van der Waals surface area contributed by atoms with Gasteiger partial charge in [-0.2, -0.15) is 0 Å². The second kappa shape index (κ2) is 5.13. The molecule has 0 atom stereocenters. The van der Waals surface area contributed by atoms with Crippen LogP contribution in [-0.2, 0) is 5.41 Å². The van der Waals surface area contributed by atoms with Gasteiger partial charge in [-0.05, 0) is 90.2 Å². The predicted octanol–water partition coefficient (Wildman–Crippen LogP) is 7.78.